The highest BCUT2D eigenvalue weighted by Crippen LogP contribution is 2.12. The molecule has 1 atom stereocenters. The zero-order valence-corrected chi connectivity index (χ0v) is 8.23. The summed E-state index contributed by atoms with van der Waals surface area (Å²) >= 11 is 0. The van der Waals surface area contributed by atoms with Crippen molar-refractivity contribution in [2.24, 2.45) is 0 Å². The molecule has 6 nitrogen and oxygen atoms in total. The Morgan fingerprint density at radius 3 is 1.86 bits per heavy atom. The van der Waals surface area contributed by atoms with Crippen molar-refractivity contribution < 1.29 is 30.0 Å². The minimum atomic E-state index is -1.28. The van der Waals surface area contributed by atoms with E-state index < -0.39 is 17.5 Å². The molecular weight excluding hydrogens is 192 g/mol. The molecule has 0 bridgehead atoms. The summed E-state index contributed by atoms with van der Waals surface area (Å²) in [5, 5.41) is 33.2. The highest BCUT2D eigenvalue weighted by molar-refractivity contribution is 5.67. The van der Waals surface area contributed by atoms with Crippen molar-refractivity contribution in [1.29, 1.82) is 0 Å². The first-order valence-electron chi connectivity index (χ1n) is 3.96. The van der Waals surface area contributed by atoms with E-state index in [1.54, 1.807) is 0 Å². The van der Waals surface area contributed by atoms with E-state index in [-0.39, 0.29) is 19.4 Å². The largest absolute Gasteiger partial charge is 0.481 e. The van der Waals surface area contributed by atoms with Crippen LogP contribution in [0.4, 0.5) is 0 Å². The minimum absolute atomic E-state index is 0.0965. The van der Waals surface area contributed by atoms with Gasteiger partial charge < -0.3 is 20.4 Å². The molecule has 0 aliphatic heterocycles. The highest BCUT2D eigenvalue weighted by atomic mass is 16.4. The van der Waals surface area contributed by atoms with Crippen LogP contribution >= 0.6 is 0 Å². The lowest BCUT2D eigenvalue weighted by molar-refractivity contribution is -0.142. The fourth-order valence-electron chi connectivity index (χ4n) is 0.655. The number of rotatable bonds is 4. The van der Waals surface area contributed by atoms with E-state index in [1.807, 2.05) is 0 Å². The Kier molecular flexibility index (Phi) is 7.98. The topological polar surface area (TPSA) is 115 Å². The van der Waals surface area contributed by atoms with Crippen molar-refractivity contribution in [3.63, 3.8) is 0 Å². The second-order valence-electron chi connectivity index (χ2n) is 3.06. The van der Waals surface area contributed by atoms with Crippen LogP contribution < -0.4 is 0 Å². The van der Waals surface area contributed by atoms with Crippen molar-refractivity contribution in [1.82, 2.24) is 0 Å². The van der Waals surface area contributed by atoms with Gasteiger partial charge in [0.05, 0.1) is 12.0 Å². The fraction of sp³-hybridized carbons (Fsp3) is 0.750. The normalized spacial score (nSPS) is 13.4. The maximum atomic E-state index is 10.0. The zero-order chi connectivity index (χ0) is 11.8. The van der Waals surface area contributed by atoms with Gasteiger partial charge >= 0.3 is 5.97 Å². The van der Waals surface area contributed by atoms with Crippen LogP contribution in [-0.2, 0) is 9.59 Å². The van der Waals surface area contributed by atoms with Crippen molar-refractivity contribution in [3.8, 4) is 0 Å². The number of aliphatic hydroxyl groups excluding tert-OH is 1. The average molecular weight is 208 g/mol. The summed E-state index contributed by atoms with van der Waals surface area (Å²) in [5.41, 5.74) is -1.28. The summed E-state index contributed by atoms with van der Waals surface area (Å²) in [5.74, 6) is -1.89. The van der Waals surface area contributed by atoms with Crippen LogP contribution in [0.2, 0.25) is 0 Å². The Bertz CT molecular complexity index is 182. The molecule has 14 heavy (non-hydrogen) atoms. The Labute approximate surface area is 81.8 Å². The second-order valence-corrected chi connectivity index (χ2v) is 3.06. The maximum absolute atomic E-state index is 10.0. The number of hydrogen-bond donors (Lipinski definition) is 4. The lowest BCUT2D eigenvalue weighted by Gasteiger charge is -2.18. The van der Waals surface area contributed by atoms with Gasteiger partial charge in [0.15, 0.2) is 0 Å². The van der Waals surface area contributed by atoms with Gasteiger partial charge in [-0.3, -0.25) is 9.59 Å². The molecule has 0 radical (unpaired) electrons. The molecule has 6 heteroatoms. The SMILES string of the molecule is CC(=O)O.CC(O)(CCO)CC(=O)O. The van der Waals surface area contributed by atoms with Gasteiger partial charge in [-0.1, -0.05) is 0 Å². The monoisotopic (exact) mass is 208 g/mol. The van der Waals surface area contributed by atoms with Gasteiger partial charge in [0.2, 0.25) is 0 Å². The summed E-state index contributed by atoms with van der Waals surface area (Å²) in [6.07, 6.45) is -0.229. The number of aliphatic hydroxyl groups is 2. The molecule has 0 aromatic carbocycles. The Morgan fingerprint density at radius 2 is 1.64 bits per heavy atom. The molecule has 0 saturated carbocycles. The van der Waals surface area contributed by atoms with Crippen LogP contribution in [0.1, 0.15) is 26.7 Å². The van der Waals surface area contributed by atoms with Gasteiger partial charge in [-0.2, -0.15) is 0 Å². The van der Waals surface area contributed by atoms with Gasteiger partial charge in [-0.05, 0) is 13.3 Å². The molecule has 0 amide bonds. The van der Waals surface area contributed by atoms with Crippen molar-refractivity contribution in [2.75, 3.05) is 6.61 Å². The lowest BCUT2D eigenvalue weighted by Crippen LogP contribution is -2.28. The molecule has 0 aromatic heterocycles. The standard InChI is InChI=1S/C6H12O4.C2H4O2/c1-6(10,2-3-7)4-5(8)9;1-2(3)4/h7,10H,2-4H2,1H3,(H,8,9);1H3,(H,3,4). The van der Waals surface area contributed by atoms with E-state index in [1.165, 1.54) is 6.92 Å². The van der Waals surface area contributed by atoms with E-state index in [0.29, 0.717) is 0 Å². The smallest absolute Gasteiger partial charge is 0.306 e. The first kappa shape index (κ1) is 15.3. The molecule has 0 aliphatic rings. The van der Waals surface area contributed by atoms with E-state index >= 15 is 0 Å². The summed E-state index contributed by atoms with van der Waals surface area (Å²) < 4.78 is 0. The Balaban J connectivity index is 0. The minimum Gasteiger partial charge on any atom is -0.481 e. The molecule has 0 aromatic rings. The molecule has 0 spiro atoms. The highest BCUT2D eigenvalue weighted by Gasteiger charge is 2.22. The predicted molar refractivity (Wildman–Crippen MR) is 47.9 cm³/mol. The van der Waals surface area contributed by atoms with E-state index in [2.05, 4.69) is 0 Å². The molecule has 0 rings (SSSR count). The molecule has 0 fully saturated rings. The lowest BCUT2D eigenvalue weighted by atomic mass is 9.99. The molecule has 0 aliphatic carbocycles. The van der Waals surface area contributed by atoms with Gasteiger partial charge in [0.25, 0.3) is 5.97 Å². The Morgan fingerprint density at radius 1 is 1.29 bits per heavy atom. The van der Waals surface area contributed by atoms with E-state index in [9.17, 15) is 4.79 Å². The number of aliphatic carboxylic acids is 2. The Hall–Kier alpha value is -1.14. The van der Waals surface area contributed by atoms with Crippen LogP contribution in [0.3, 0.4) is 0 Å². The van der Waals surface area contributed by atoms with Crippen LogP contribution in [0.25, 0.3) is 0 Å². The van der Waals surface area contributed by atoms with Gasteiger partial charge in [0.1, 0.15) is 0 Å². The average Bonchev–Trinajstić information content (AvgIpc) is 1.80. The van der Waals surface area contributed by atoms with Gasteiger partial charge in [-0.15, -0.1) is 0 Å². The van der Waals surface area contributed by atoms with Crippen molar-refractivity contribution >= 4 is 11.9 Å². The van der Waals surface area contributed by atoms with E-state index in [0.717, 1.165) is 6.92 Å². The number of hydrogen-bond acceptors (Lipinski definition) is 4. The predicted octanol–water partition coefficient (Wildman–Crippen LogP) is -0.315. The number of carbonyl (C=O) groups is 2. The zero-order valence-electron chi connectivity index (χ0n) is 8.23. The number of carboxylic acid groups (broad SMARTS) is 2. The molecule has 84 valence electrons. The van der Waals surface area contributed by atoms with Crippen LogP contribution in [0.5, 0.6) is 0 Å². The third kappa shape index (κ3) is 17.1. The van der Waals surface area contributed by atoms with Crippen LogP contribution in [0.15, 0.2) is 0 Å². The molecule has 4 N–H and O–H groups in total. The summed E-state index contributed by atoms with van der Waals surface area (Å²) in [6, 6.07) is 0. The summed E-state index contributed by atoms with van der Waals surface area (Å²) in [7, 11) is 0. The maximum Gasteiger partial charge on any atom is 0.306 e. The molecule has 0 heterocycles. The molecule has 0 saturated heterocycles. The quantitative estimate of drug-likeness (QED) is 0.503. The molecular formula is C8H16O6. The van der Waals surface area contributed by atoms with E-state index in [4.69, 9.17) is 25.2 Å². The van der Waals surface area contributed by atoms with Crippen molar-refractivity contribution in [3.05, 3.63) is 0 Å². The first-order chi connectivity index (χ1) is 6.21. The van der Waals surface area contributed by atoms with Crippen LogP contribution in [-0.4, -0.2) is 44.6 Å². The fourth-order valence-corrected chi connectivity index (χ4v) is 0.655. The van der Waals surface area contributed by atoms with Crippen molar-refractivity contribution in [2.45, 2.75) is 32.3 Å². The molecule has 1 unspecified atom stereocenters. The third-order valence-corrected chi connectivity index (χ3v) is 1.18. The summed E-state index contributed by atoms with van der Waals surface area (Å²) in [6.45, 7) is 2.28. The van der Waals surface area contributed by atoms with Gasteiger partial charge in [-0.25, -0.2) is 0 Å². The summed E-state index contributed by atoms with van der Waals surface area (Å²) in [4.78, 5) is 19.0. The van der Waals surface area contributed by atoms with Gasteiger partial charge in [0, 0.05) is 13.5 Å². The third-order valence-electron chi connectivity index (χ3n) is 1.18. The number of carboxylic acids is 2. The van der Waals surface area contributed by atoms with Crippen LogP contribution in [0, 0.1) is 0 Å². The second kappa shape index (κ2) is 7.28. The first-order valence-corrected chi connectivity index (χ1v) is 3.96.